The lowest BCUT2D eigenvalue weighted by Crippen LogP contribution is -2.23. The molecule has 1 aromatic carbocycles. The van der Waals surface area contributed by atoms with Crippen molar-refractivity contribution in [1.29, 1.82) is 0 Å². The summed E-state index contributed by atoms with van der Waals surface area (Å²) in [6, 6.07) is 9.62. The van der Waals surface area contributed by atoms with E-state index in [1.54, 1.807) is 0 Å². The average Bonchev–Trinajstić information content (AvgIpc) is 2.37. The van der Waals surface area contributed by atoms with Gasteiger partial charge in [0.2, 0.25) is 0 Å². The predicted octanol–water partition coefficient (Wildman–Crippen LogP) is 4.79. The first-order valence-corrected chi connectivity index (χ1v) is 7.71. The zero-order chi connectivity index (χ0) is 16.8. The normalized spacial score (nSPS) is 13.7. The standard InChI is InChI=1S/C18H28O4/c1-14(13-17(2,3)4)12-16(19)20-22-21-18(5,6)15-10-8-7-9-11-15/h7-11,14H,12-13H2,1-6H3. The van der Waals surface area contributed by atoms with Crippen LogP contribution in [-0.4, -0.2) is 5.97 Å². The van der Waals surface area contributed by atoms with Gasteiger partial charge in [-0.25, -0.2) is 4.79 Å². The number of hydrogen-bond acceptors (Lipinski definition) is 4. The van der Waals surface area contributed by atoms with Gasteiger partial charge in [-0.15, -0.1) is 0 Å². The van der Waals surface area contributed by atoms with E-state index in [1.165, 1.54) is 0 Å². The van der Waals surface area contributed by atoms with Gasteiger partial charge < -0.3 is 0 Å². The van der Waals surface area contributed by atoms with E-state index < -0.39 is 11.6 Å². The molecule has 4 heteroatoms. The zero-order valence-electron chi connectivity index (χ0n) is 14.5. The minimum absolute atomic E-state index is 0.187. The molecule has 0 fully saturated rings. The smallest absolute Gasteiger partial charge is 0.269 e. The summed E-state index contributed by atoms with van der Waals surface area (Å²) in [5, 5.41) is 4.70. The Labute approximate surface area is 133 Å². The first-order valence-electron chi connectivity index (χ1n) is 7.71. The van der Waals surface area contributed by atoms with Crippen molar-refractivity contribution < 1.29 is 19.6 Å². The summed E-state index contributed by atoms with van der Waals surface area (Å²) < 4.78 is 0. The number of carbonyl (C=O) groups excluding carboxylic acids is 1. The molecule has 0 bridgehead atoms. The Morgan fingerprint density at radius 1 is 1.09 bits per heavy atom. The van der Waals surface area contributed by atoms with Crippen molar-refractivity contribution in [3.63, 3.8) is 0 Å². The first kappa shape index (κ1) is 18.7. The molecule has 0 heterocycles. The molecule has 0 radical (unpaired) electrons. The molecule has 0 spiro atoms. The molecule has 22 heavy (non-hydrogen) atoms. The van der Waals surface area contributed by atoms with Crippen molar-refractivity contribution >= 4 is 5.97 Å². The van der Waals surface area contributed by atoms with Crippen LogP contribution in [0.25, 0.3) is 0 Å². The van der Waals surface area contributed by atoms with E-state index in [4.69, 9.17) is 14.8 Å². The van der Waals surface area contributed by atoms with Crippen LogP contribution in [0.4, 0.5) is 0 Å². The minimum Gasteiger partial charge on any atom is -0.269 e. The van der Waals surface area contributed by atoms with Gasteiger partial charge in [0.05, 0.1) is 6.42 Å². The maximum absolute atomic E-state index is 11.7. The largest absolute Gasteiger partial charge is 0.345 e. The van der Waals surface area contributed by atoms with Crippen LogP contribution >= 0.6 is 0 Å². The van der Waals surface area contributed by atoms with Crippen molar-refractivity contribution in [3.05, 3.63) is 35.9 Å². The lowest BCUT2D eigenvalue weighted by Gasteiger charge is -2.23. The third-order valence-corrected chi connectivity index (χ3v) is 3.31. The van der Waals surface area contributed by atoms with Gasteiger partial charge >= 0.3 is 5.97 Å². The Kier molecular flexibility index (Phi) is 6.57. The molecule has 0 amide bonds. The molecule has 0 N–H and O–H groups in total. The Balaban J connectivity index is 2.36. The second-order valence-corrected chi connectivity index (χ2v) is 7.56. The van der Waals surface area contributed by atoms with Crippen LogP contribution in [0.15, 0.2) is 30.3 Å². The third-order valence-electron chi connectivity index (χ3n) is 3.31. The van der Waals surface area contributed by atoms with E-state index in [-0.39, 0.29) is 11.3 Å². The molecule has 0 aromatic heterocycles. The van der Waals surface area contributed by atoms with E-state index >= 15 is 0 Å². The second-order valence-electron chi connectivity index (χ2n) is 7.56. The van der Waals surface area contributed by atoms with Crippen molar-refractivity contribution in [2.75, 3.05) is 0 Å². The molecule has 1 rings (SSSR count). The van der Waals surface area contributed by atoms with E-state index in [0.717, 1.165) is 12.0 Å². The molecule has 0 aliphatic heterocycles. The second kappa shape index (κ2) is 7.75. The molecule has 0 aliphatic rings. The summed E-state index contributed by atoms with van der Waals surface area (Å²) in [7, 11) is 0. The molecule has 0 aliphatic carbocycles. The molecule has 124 valence electrons. The number of carbonyl (C=O) groups is 1. The Morgan fingerprint density at radius 2 is 1.68 bits per heavy atom. The fourth-order valence-electron chi connectivity index (χ4n) is 2.46. The van der Waals surface area contributed by atoms with Crippen LogP contribution in [0, 0.1) is 11.3 Å². The van der Waals surface area contributed by atoms with Gasteiger partial charge in [-0.1, -0.05) is 58.0 Å². The lowest BCUT2D eigenvalue weighted by molar-refractivity contribution is -0.520. The van der Waals surface area contributed by atoms with Crippen LogP contribution in [0.1, 0.15) is 59.9 Å². The molecular weight excluding hydrogens is 280 g/mol. The van der Waals surface area contributed by atoms with Crippen LogP contribution in [0.2, 0.25) is 0 Å². The lowest BCUT2D eigenvalue weighted by atomic mass is 9.84. The van der Waals surface area contributed by atoms with Crippen molar-refractivity contribution in [2.24, 2.45) is 11.3 Å². The fourth-order valence-corrected chi connectivity index (χ4v) is 2.46. The van der Waals surface area contributed by atoms with Crippen molar-refractivity contribution in [1.82, 2.24) is 0 Å². The van der Waals surface area contributed by atoms with Gasteiger partial charge in [0, 0.05) is 0 Å². The van der Waals surface area contributed by atoms with Crippen LogP contribution < -0.4 is 0 Å². The summed E-state index contributed by atoms with van der Waals surface area (Å²) in [6.45, 7) is 12.2. The molecule has 1 atom stereocenters. The molecule has 4 nitrogen and oxygen atoms in total. The highest BCUT2D eigenvalue weighted by molar-refractivity contribution is 5.68. The van der Waals surface area contributed by atoms with E-state index in [1.807, 2.05) is 51.1 Å². The molecular formula is C18H28O4. The van der Waals surface area contributed by atoms with Crippen LogP contribution in [-0.2, 0) is 25.2 Å². The topological polar surface area (TPSA) is 44.8 Å². The monoisotopic (exact) mass is 308 g/mol. The first-order chi connectivity index (χ1) is 10.1. The summed E-state index contributed by atoms with van der Waals surface area (Å²) in [4.78, 5) is 21.7. The van der Waals surface area contributed by atoms with Gasteiger partial charge in [0.15, 0.2) is 0 Å². The Morgan fingerprint density at radius 3 is 2.23 bits per heavy atom. The van der Waals surface area contributed by atoms with Gasteiger partial charge in [-0.2, -0.15) is 4.89 Å². The Bertz CT molecular complexity index is 460. The summed E-state index contributed by atoms with van der Waals surface area (Å²) in [5.74, 6) is -0.182. The molecule has 1 unspecified atom stereocenters. The predicted molar refractivity (Wildman–Crippen MR) is 85.6 cm³/mol. The van der Waals surface area contributed by atoms with Crippen molar-refractivity contribution in [3.8, 4) is 0 Å². The highest BCUT2D eigenvalue weighted by Gasteiger charge is 2.24. The molecule has 0 saturated carbocycles. The van der Waals surface area contributed by atoms with E-state index in [0.29, 0.717) is 6.42 Å². The number of benzene rings is 1. The van der Waals surface area contributed by atoms with Gasteiger partial charge in [-0.05, 0) is 42.2 Å². The molecule has 1 aromatic rings. The van der Waals surface area contributed by atoms with Gasteiger partial charge in [-0.3, -0.25) is 4.89 Å². The average molecular weight is 308 g/mol. The SMILES string of the molecule is CC(CC(=O)OOOC(C)(C)c1ccccc1)CC(C)(C)C. The summed E-state index contributed by atoms with van der Waals surface area (Å²) >= 11 is 0. The van der Waals surface area contributed by atoms with E-state index in [9.17, 15) is 4.79 Å². The van der Waals surface area contributed by atoms with Crippen molar-refractivity contribution in [2.45, 2.75) is 60.0 Å². The highest BCUT2D eigenvalue weighted by Crippen LogP contribution is 2.27. The highest BCUT2D eigenvalue weighted by atomic mass is 17.5. The van der Waals surface area contributed by atoms with Crippen LogP contribution in [0.5, 0.6) is 0 Å². The number of hydrogen-bond donors (Lipinski definition) is 0. The third kappa shape index (κ3) is 7.05. The summed E-state index contributed by atoms with van der Waals surface area (Å²) in [6.07, 6.45) is 1.25. The summed E-state index contributed by atoms with van der Waals surface area (Å²) in [5.41, 5.74) is 0.428. The zero-order valence-corrected chi connectivity index (χ0v) is 14.5. The van der Waals surface area contributed by atoms with Gasteiger partial charge in [0.1, 0.15) is 5.60 Å². The quantitative estimate of drug-likeness (QED) is 0.536. The van der Waals surface area contributed by atoms with E-state index in [2.05, 4.69) is 20.8 Å². The maximum Gasteiger partial charge on any atom is 0.345 e. The Hall–Kier alpha value is -1.39. The minimum atomic E-state index is -0.696. The fraction of sp³-hybridized carbons (Fsp3) is 0.611. The van der Waals surface area contributed by atoms with Crippen LogP contribution in [0.3, 0.4) is 0 Å². The van der Waals surface area contributed by atoms with Gasteiger partial charge in [0.25, 0.3) is 0 Å². The number of rotatable bonds is 7. The maximum atomic E-state index is 11.7. The molecule has 0 saturated heterocycles.